The predicted octanol–water partition coefficient (Wildman–Crippen LogP) is 3.00. The third-order valence-electron chi connectivity index (χ3n) is 2.58. The minimum atomic E-state index is 0.666. The number of nitrogens with zero attached hydrogens (tertiary/aromatic N) is 2. The highest BCUT2D eigenvalue weighted by Gasteiger charge is 2.09. The number of aryl methyl sites for hydroxylation is 2. The van der Waals surface area contributed by atoms with Crippen LogP contribution in [0, 0.1) is 13.8 Å². The molecule has 16 heavy (non-hydrogen) atoms. The Morgan fingerprint density at radius 3 is 2.69 bits per heavy atom. The third kappa shape index (κ3) is 2.14. The highest BCUT2D eigenvalue weighted by molar-refractivity contribution is 9.10. The highest BCUT2D eigenvalue weighted by atomic mass is 79.9. The van der Waals surface area contributed by atoms with Gasteiger partial charge in [0.15, 0.2) is 4.67 Å². The topological polar surface area (TPSA) is 43.0 Å². The molecular formula is C11H14BrN3O. The fourth-order valence-electron chi connectivity index (χ4n) is 1.65. The largest absolute Gasteiger partial charge is 0.452 e. The Kier molecular flexibility index (Phi) is 3.05. The number of halogens is 1. The first-order valence-corrected chi connectivity index (χ1v) is 5.85. The maximum Gasteiger partial charge on any atom is 0.169 e. The molecule has 0 saturated heterocycles. The summed E-state index contributed by atoms with van der Waals surface area (Å²) >= 11 is 3.28. The van der Waals surface area contributed by atoms with Crippen molar-refractivity contribution in [1.82, 2.24) is 9.78 Å². The van der Waals surface area contributed by atoms with Gasteiger partial charge in [0.1, 0.15) is 5.76 Å². The van der Waals surface area contributed by atoms with E-state index in [-0.39, 0.29) is 0 Å². The van der Waals surface area contributed by atoms with Crippen LogP contribution < -0.4 is 5.32 Å². The van der Waals surface area contributed by atoms with Gasteiger partial charge in [-0.3, -0.25) is 4.68 Å². The van der Waals surface area contributed by atoms with Gasteiger partial charge in [-0.1, -0.05) is 0 Å². The number of hydrogen-bond acceptors (Lipinski definition) is 3. The molecule has 2 heterocycles. The Labute approximate surface area is 103 Å². The van der Waals surface area contributed by atoms with Crippen molar-refractivity contribution < 1.29 is 4.42 Å². The Morgan fingerprint density at radius 2 is 2.19 bits per heavy atom. The minimum absolute atomic E-state index is 0.666. The Bertz CT molecular complexity index is 501. The van der Waals surface area contributed by atoms with Crippen LogP contribution in [0.2, 0.25) is 0 Å². The zero-order valence-corrected chi connectivity index (χ0v) is 11.1. The molecule has 86 valence electrons. The van der Waals surface area contributed by atoms with Crippen LogP contribution in [0.1, 0.15) is 17.1 Å². The van der Waals surface area contributed by atoms with Gasteiger partial charge in [0.2, 0.25) is 0 Å². The lowest BCUT2D eigenvalue weighted by Crippen LogP contribution is -2.00. The molecule has 0 aliphatic carbocycles. The van der Waals surface area contributed by atoms with E-state index in [0.29, 0.717) is 6.54 Å². The lowest BCUT2D eigenvalue weighted by molar-refractivity contribution is 0.495. The van der Waals surface area contributed by atoms with Crippen LogP contribution >= 0.6 is 15.9 Å². The second kappa shape index (κ2) is 4.33. The monoisotopic (exact) mass is 283 g/mol. The van der Waals surface area contributed by atoms with Crippen molar-refractivity contribution >= 4 is 21.6 Å². The fraction of sp³-hybridized carbons (Fsp3) is 0.364. The number of furan rings is 1. The zero-order chi connectivity index (χ0) is 11.7. The Balaban J connectivity index is 2.10. The highest BCUT2D eigenvalue weighted by Crippen LogP contribution is 2.20. The average molecular weight is 284 g/mol. The van der Waals surface area contributed by atoms with Gasteiger partial charge in [-0.15, -0.1) is 0 Å². The quantitative estimate of drug-likeness (QED) is 0.942. The number of rotatable bonds is 3. The van der Waals surface area contributed by atoms with Crippen LogP contribution in [0.4, 0.5) is 5.69 Å². The molecule has 0 aliphatic heterocycles. The van der Waals surface area contributed by atoms with Gasteiger partial charge >= 0.3 is 0 Å². The predicted molar refractivity (Wildman–Crippen MR) is 66.4 cm³/mol. The summed E-state index contributed by atoms with van der Waals surface area (Å²) in [7, 11) is 1.94. The summed E-state index contributed by atoms with van der Waals surface area (Å²) in [5, 5.41) is 7.68. The SMILES string of the molecule is Cc1nn(C)c(C)c1NCc1ccc(Br)o1. The van der Waals surface area contributed by atoms with Crippen molar-refractivity contribution in [3.63, 3.8) is 0 Å². The standard InChI is InChI=1S/C11H14BrN3O/c1-7-11(8(2)15(3)14-7)13-6-9-4-5-10(12)16-9/h4-5,13H,6H2,1-3H3. The Morgan fingerprint density at radius 1 is 1.44 bits per heavy atom. The van der Waals surface area contributed by atoms with E-state index < -0.39 is 0 Å². The van der Waals surface area contributed by atoms with E-state index >= 15 is 0 Å². The minimum Gasteiger partial charge on any atom is -0.452 e. The summed E-state index contributed by atoms with van der Waals surface area (Å²) in [6.07, 6.45) is 0. The summed E-state index contributed by atoms with van der Waals surface area (Å²) in [5.74, 6) is 0.898. The van der Waals surface area contributed by atoms with E-state index in [1.165, 1.54) is 0 Å². The normalized spacial score (nSPS) is 10.8. The molecular weight excluding hydrogens is 270 g/mol. The van der Waals surface area contributed by atoms with Gasteiger partial charge < -0.3 is 9.73 Å². The summed E-state index contributed by atoms with van der Waals surface area (Å²) in [6.45, 7) is 4.70. The maximum absolute atomic E-state index is 5.42. The van der Waals surface area contributed by atoms with Gasteiger partial charge in [-0.2, -0.15) is 5.10 Å². The van der Waals surface area contributed by atoms with Crippen molar-refractivity contribution in [3.05, 3.63) is 34.0 Å². The molecule has 0 amide bonds. The van der Waals surface area contributed by atoms with E-state index in [2.05, 4.69) is 26.3 Å². The number of anilines is 1. The lowest BCUT2D eigenvalue weighted by atomic mass is 10.3. The van der Waals surface area contributed by atoms with Gasteiger partial charge in [-0.05, 0) is 41.9 Å². The van der Waals surface area contributed by atoms with E-state index in [4.69, 9.17) is 4.42 Å². The molecule has 0 atom stereocenters. The van der Waals surface area contributed by atoms with E-state index in [1.54, 1.807) is 0 Å². The molecule has 0 fully saturated rings. The number of hydrogen-bond donors (Lipinski definition) is 1. The molecule has 1 N–H and O–H groups in total. The first-order chi connectivity index (χ1) is 7.58. The van der Waals surface area contributed by atoms with Crippen LogP contribution in [0.15, 0.2) is 21.2 Å². The van der Waals surface area contributed by atoms with Crippen molar-refractivity contribution in [2.45, 2.75) is 20.4 Å². The van der Waals surface area contributed by atoms with Crippen molar-refractivity contribution in [2.75, 3.05) is 5.32 Å². The van der Waals surface area contributed by atoms with Gasteiger partial charge in [0.25, 0.3) is 0 Å². The molecule has 0 saturated carbocycles. The Hall–Kier alpha value is -1.23. The van der Waals surface area contributed by atoms with Gasteiger partial charge in [0.05, 0.1) is 23.6 Å². The van der Waals surface area contributed by atoms with E-state index in [0.717, 1.165) is 27.5 Å². The molecule has 0 bridgehead atoms. The fourth-order valence-corrected chi connectivity index (χ4v) is 1.99. The van der Waals surface area contributed by atoms with Crippen LogP contribution in [0.3, 0.4) is 0 Å². The summed E-state index contributed by atoms with van der Waals surface area (Å²) in [4.78, 5) is 0. The van der Waals surface area contributed by atoms with Crippen LogP contribution in [0.25, 0.3) is 0 Å². The van der Waals surface area contributed by atoms with E-state index in [1.807, 2.05) is 37.7 Å². The van der Waals surface area contributed by atoms with Crippen LogP contribution in [0.5, 0.6) is 0 Å². The molecule has 0 spiro atoms. The first kappa shape index (κ1) is 11.3. The van der Waals surface area contributed by atoms with Gasteiger partial charge in [-0.25, -0.2) is 0 Å². The second-order valence-corrected chi connectivity index (χ2v) is 4.51. The first-order valence-electron chi connectivity index (χ1n) is 5.06. The summed E-state index contributed by atoms with van der Waals surface area (Å²) < 4.78 is 8.04. The molecule has 0 aliphatic rings. The molecule has 4 nitrogen and oxygen atoms in total. The third-order valence-corrected chi connectivity index (χ3v) is 3.00. The molecule has 0 radical (unpaired) electrons. The van der Waals surface area contributed by atoms with Crippen molar-refractivity contribution in [3.8, 4) is 0 Å². The maximum atomic E-state index is 5.42. The smallest absolute Gasteiger partial charge is 0.169 e. The lowest BCUT2D eigenvalue weighted by Gasteiger charge is -2.04. The molecule has 0 unspecified atom stereocenters. The van der Waals surface area contributed by atoms with Crippen molar-refractivity contribution in [1.29, 1.82) is 0 Å². The molecule has 2 aromatic heterocycles. The summed E-state index contributed by atoms with van der Waals surface area (Å²) in [6, 6.07) is 3.83. The van der Waals surface area contributed by atoms with Crippen LogP contribution in [-0.4, -0.2) is 9.78 Å². The summed E-state index contributed by atoms with van der Waals surface area (Å²) in [5.41, 5.74) is 3.21. The average Bonchev–Trinajstić information content (AvgIpc) is 2.72. The molecule has 2 aromatic rings. The molecule has 5 heteroatoms. The second-order valence-electron chi connectivity index (χ2n) is 3.73. The number of nitrogens with one attached hydrogen (secondary N) is 1. The molecule has 2 rings (SSSR count). The van der Waals surface area contributed by atoms with Crippen LogP contribution in [-0.2, 0) is 13.6 Å². The number of aromatic nitrogens is 2. The zero-order valence-electron chi connectivity index (χ0n) is 9.54. The van der Waals surface area contributed by atoms with E-state index in [9.17, 15) is 0 Å². The molecule has 0 aromatic carbocycles. The van der Waals surface area contributed by atoms with Crippen molar-refractivity contribution in [2.24, 2.45) is 7.05 Å². The van der Waals surface area contributed by atoms with Gasteiger partial charge in [0, 0.05) is 7.05 Å².